The highest BCUT2D eigenvalue weighted by atomic mass is 19.4. The second kappa shape index (κ2) is 11.4. The van der Waals surface area contributed by atoms with Crippen molar-refractivity contribution in [2.24, 2.45) is 5.92 Å². The van der Waals surface area contributed by atoms with Crippen molar-refractivity contribution in [3.8, 4) is 0 Å². The first-order valence-corrected chi connectivity index (χ1v) is 11.9. The zero-order chi connectivity index (χ0) is 26.7. The summed E-state index contributed by atoms with van der Waals surface area (Å²) in [5.74, 6) is 0.344. The van der Waals surface area contributed by atoms with Gasteiger partial charge in [-0.25, -0.2) is 0 Å². The molecular formula is C27H31F6NO2. The predicted molar refractivity (Wildman–Crippen MR) is 125 cm³/mol. The van der Waals surface area contributed by atoms with Crippen LogP contribution in [0.2, 0.25) is 0 Å². The van der Waals surface area contributed by atoms with Crippen LogP contribution in [0.5, 0.6) is 0 Å². The quantitative estimate of drug-likeness (QED) is 0.231. The Balaban J connectivity index is 2.01. The van der Waals surface area contributed by atoms with E-state index in [0.29, 0.717) is 42.9 Å². The number of benzene rings is 2. The number of rotatable bonds is 7. The fourth-order valence-electron chi connectivity index (χ4n) is 4.74. The molecule has 36 heavy (non-hydrogen) atoms. The highest BCUT2D eigenvalue weighted by molar-refractivity contribution is 5.31. The maximum absolute atomic E-state index is 13.1. The number of nitrogens with zero attached hydrogens (tertiary/aromatic N) is 1. The molecule has 0 saturated carbocycles. The zero-order valence-corrected chi connectivity index (χ0v) is 20.2. The fraction of sp³-hybridized carbons (Fsp3) is 0.481. The van der Waals surface area contributed by atoms with Gasteiger partial charge in [0.1, 0.15) is 0 Å². The number of alkyl halides is 6. The van der Waals surface area contributed by atoms with E-state index in [1.807, 2.05) is 0 Å². The summed E-state index contributed by atoms with van der Waals surface area (Å²) in [7, 11) is 0. The average molecular weight is 516 g/mol. The molecule has 198 valence electrons. The van der Waals surface area contributed by atoms with E-state index in [1.54, 1.807) is 0 Å². The Labute approximate surface area is 207 Å². The summed E-state index contributed by atoms with van der Waals surface area (Å²) in [5.41, 5.74) is 0.585. The zero-order valence-electron chi connectivity index (χ0n) is 20.2. The minimum atomic E-state index is -4.48. The molecule has 1 fully saturated rings. The van der Waals surface area contributed by atoms with E-state index in [9.17, 15) is 36.6 Å². The van der Waals surface area contributed by atoms with Gasteiger partial charge in [-0.1, -0.05) is 43.7 Å². The Morgan fingerprint density at radius 1 is 0.861 bits per heavy atom. The van der Waals surface area contributed by atoms with E-state index >= 15 is 0 Å². The molecule has 2 aromatic carbocycles. The number of hydrogen-bond acceptors (Lipinski definition) is 3. The topological polar surface area (TPSA) is 43.7 Å². The van der Waals surface area contributed by atoms with Gasteiger partial charge in [0.15, 0.2) is 6.29 Å². The van der Waals surface area contributed by atoms with Gasteiger partial charge in [0.05, 0.1) is 11.1 Å². The van der Waals surface area contributed by atoms with Crippen molar-refractivity contribution in [3.05, 3.63) is 82.4 Å². The SMILES string of the molecule is CC(C)CC[C@H](c1ccc(C(F)(F)F)cc1)N1CCC(=CC(O)O)C[C@H]1c1ccc(C(F)(F)F)cc1. The van der Waals surface area contributed by atoms with Gasteiger partial charge >= 0.3 is 12.4 Å². The third-order valence-electron chi connectivity index (χ3n) is 6.60. The normalized spacial score (nSPS) is 19.9. The molecule has 0 radical (unpaired) electrons. The molecule has 0 aromatic heterocycles. The van der Waals surface area contributed by atoms with E-state index in [2.05, 4.69) is 18.7 Å². The first kappa shape index (κ1) is 28.2. The number of aliphatic hydroxyl groups excluding tert-OH is 1. The van der Waals surface area contributed by atoms with E-state index in [-0.39, 0.29) is 12.1 Å². The molecule has 2 N–H and O–H groups in total. The Hall–Kier alpha value is -2.36. The Bertz CT molecular complexity index is 1010. The number of likely N-dealkylation sites (tertiary alicyclic amines) is 1. The third kappa shape index (κ3) is 7.33. The molecule has 1 saturated heterocycles. The minimum absolute atomic E-state index is 0.262. The molecule has 2 atom stereocenters. The summed E-state index contributed by atoms with van der Waals surface area (Å²) >= 11 is 0. The lowest BCUT2D eigenvalue weighted by atomic mass is 9.86. The van der Waals surface area contributed by atoms with Crippen LogP contribution in [0.1, 0.15) is 73.9 Å². The molecule has 0 spiro atoms. The largest absolute Gasteiger partial charge is 0.416 e. The van der Waals surface area contributed by atoms with Crippen molar-refractivity contribution in [2.45, 2.75) is 70.3 Å². The van der Waals surface area contributed by atoms with Crippen LogP contribution in [0, 0.1) is 5.92 Å². The molecule has 3 rings (SSSR count). The van der Waals surface area contributed by atoms with Crippen LogP contribution in [0.25, 0.3) is 0 Å². The Morgan fingerprint density at radius 3 is 1.86 bits per heavy atom. The molecule has 1 aliphatic rings. The molecule has 1 aliphatic heterocycles. The Morgan fingerprint density at radius 2 is 1.39 bits per heavy atom. The van der Waals surface area contributed by atoms with Crippen molar-refractivity contribution in [2.75, 3.05) is 6.54 Å². The van der Waals surface area contributed by atoms with Gasteiger partial charge in [-0.15, -0.1) is 0 Å². The van der Waals surface area contributed by atoms with Gasteiger partial charge in [-0.05, 0) is 73.1 Å². The van der Waals surface area contributed by atoms with Gasteiger partial charge < -0.3 is 10.2 Å². The van der Waals surface area contributed by atoms with E-state index in [0.717, 1.165) is 36.3 Å². The second-order valence-electron chi connectivity index (χ2n) is 9.67. The molecule has 0 amide bonds. The maximum atomic E-state index is 13.1. The highest BCUT2D eigenvalue weighted by Crippen LogP contribution is 2.43. The Kier molecular flexibility index (Phi) is 8.90. The fourth-order valence-corrected chi connectivity index (χ4v) is 4.74. The molecule has 2 aromatic rings. The van der Waals surface area contributed by atoms with Crippen LogP contribution in [-0.2, 0) is 12.4 Å². The third-order valence-corrected chi connectivity index (χ3v) is 6.60. The van der Waals surface area contributed by atoms with Crippen LogP contribution in [0.4, 0.5) is 26.3 Å². The van der Waals surface area contributed by atoms with Gasteiger partial charge in [0.2, 0.25) is 0 Å². The lowest BCUT2D eigenvalue weighted by Crippen LogP contribution is -2.38. The van der Waals surface area contributed by atoms with Crippen LogP contribution >= 0.6 is 0 Å². The van der Waals surface area contributed by atoms with Crippen molar-refractivity contribution >= 4 is 0 Å². The summed E-state index contributed by atoms with van der Waals surface area (Å²) in [6.45, 7) is 4.57. The average Bonchev–Trinajstić information content (AvgIpc) is 2.78. The summed E-state index contributed by atoms with van der Waals surface area (Å²) in [4.78, 5) is 2.12. The summed E-state index contributed by atoms with van der Waals surface area (Å²) in [6, 6.07) is 9.30. The van der Waals surface area contributed by atoms with Crippen molar-refractivity contribution in [1.29, 1.82) is 0 Å². The lowest BCUT2D eigenvalue weighted by Gasteiger charge is -2.43. The van der Waals surface area contributed by atoms with Crippen LogP contribution in [0.15, 0.2) is 60.2 Å². The number of halogens is 6. The van der Waals surface area contributed by atoms with Gasteiger partial charge in [-0.3, -0.25) is 4.90 Å². The molecular weight excluding hydrogens is 484 g/mol. The van der Waals surface area contributed by atoms with Crippen LogP contribution in [0.3, 0.4) is 0 Å². The summed E-state index contributed by atoms with van der Waals surface area (Å²) in [5, 5.41) is 18.9. The smallest absolute Gasteiger partial charge is 0.365 e. The van der Waals surface area contributed by atoms with E-state index < -0.39 is 29.8 Å². The highest BCUT2D eigenvalue weighted by Gasteiger charge is 2.35. The molecule has 0 unspecified atom stereocenters. The maximum Gasteiger partial charge on any atom is 0.416 e. The van der Waals surface area contributed by atoms with Crippen LogP contribution in [-0.4, -0.2) is 27.9 Å². The molecule has 3 nitrogen and oxygen atoms in total. The first-order chi connectivity index (χ1) is 16.8. The monoisotopic (exact) mass is 515 g/mol. The second-order valence-corrected chi connectivity index (χ2v) is 9.67. The van der Waals surface area contributed by atoms with Crippen molar-refractivity contribution in [1.82, 2.24) is 4.90 Å². The first-order valence-electron chi connectivity index (χ1n) is 11.9. The molecule has 1 heterocycles. The number of aliphatic hydroxyl groups is 2. The van der Waals surface area contributed by atoms with Crippen molar-refractivity contribution < 1.29 is 36.6 Å². The van der Waals surface area contributed by atoms with Crippen LogP contribution < -0.4 is 0 Å². The van der Waals surface area contributed by atoms with E-state index in [4.69, 9.17) is 0 Å². The standard InChI is InChI=1S/C27H31F6NO2/c1-17(2)3-12-23(19-4-8-21(9-5-19)26(28,29)30)34-14-13-18(16-25(35)36)15-24(34)20-6-10-22(11-7-20)27(31,32)33/h4-11,16-17,23-25,35-36H,3,12-15H2,1-2H3/t23-,24+/m1/s1. The number of piperidine rings is 1. The molecule has 0 bridgehead atoms. The van der Waals surface area contributed by atoms with Gasteiger partial charge in [0, 0.05) is 18.6 Å². The van der Waals surface area contributed by atoms with E-state index in [1.165, 1.54) is 30.3 Å². The lowest BCUT2D eigenvalue weighted by molar-refractivity contribution is -0.138. The van der Waals surface area contributed by atoms with Crippen molar-refractivity contribution in [3.63, 3.8) is 0 Å². The van der Waals surface area contributed by atoms with Gasteiger partial charge in [0.25, 0.3) is 0 Å². The van der Waals surface area contributed by atoms with Gasteiger partial charge in [-0.2, -0.15) is 26.3 Å². The molecule has 9 heteroatoms. The number of hydrogen-bond donors (Lipinski definition) is 2. The summed E-state index contributed by atoms with van der Waals surface area (Å²) in [6.07, 6.45) is -6.92. The predicted octanol–water partition coefficient (Wildman–Crippen LogP) is 7.28. The molecule has 0 aliphatic carbocycles. The minimum Gasteiger partial charge on any atom is -0.365 e. The summed E-state index contributed by atoms with van der Waals surface area (Å²) < 4.78 is 78.8.